The second-order valence-corrected chi connectivity index (χ2v) is 6.99. The zero-order valence-corrected chi connectivity index (χ0v) is 15.1. The number of hydrogen-bond acceptors (Lipinski definition) is 4. The molecule has 0 bridgehead atoms. The van der Waals surface area contributed by atoms with Crippen molar-refractivity contribution < 1.29 is 27.5 Å². The van der Waals surface area contributed by atoms with E-state index in [4.69, 9.17) is 4.74 Å². The number of carbonyl (C=O) groups is 2. The van der Waals surface area contributed by atoms with Gasteiger partial charge in [0.1, 0.15) is 0 Å². The first kappa shape index (κ1) is 20.0. The Morgan fingerprint density at radius 2 is 2.08 bits per heavy atom. The van der Waals surface area contributed by atoms with Gasteiger partial charge in [-0.25, -0.2) is 4.79 Å². The number of nitrogens with zero attached hydrogens (tertiary/aromatic N) is 1. The van der Waals surface area contributed by atoms with E-state index in [1.807, 2.05) is 0 Å². The molecular formula is C17H17F3N2O3S. The lowest BCUT2D eigenvalue weighted by Gasteiger charge is -2.21. The van der Waals surface area contributed by atoms with Crippen LogP contribution in [0.4, 0.5) is 23.7 Å². The molecule has 26 heavy (non-hydrogen) atoms. The molecule has 1 heterocycles. The maximum absolute atomic E-state index is 12.8. The lowest BCUT2D eigenvalue weighted by molar-refractivity contribution is -0.137. The van der Waals surface area contributed by atoms with E-state index in [0.717, 1.165) is 28.8 Å². The SMILES string of the molecule is CC#CC(C)(C)NC(=O)OC1SCN(c2cccc(C(F)(F)F)c2)C1=O. The van der Waals surface area contributed by atoms with E-state index < -0.39 is 34.7 Å². The largest absolute Gasteiger partial charge is 0.425 e. The number of nitrogens with one attached hydrogen (secondary N) is 1. The van der Waals surface area contributed by atoms with Crippen LogP contribution in [0, 0.1) is 11.8 Å². The molecule has 1 unspecified atom stereocenters. The molecule has 1 N–H and O–H groups in total. The smallest absolute Gasteiger partial charge is 0.416 e. The standard InChI is InChI=1S/C17H17F3N2O3S/c1-4-8-16(2,3)21-15(24)25-14-13(23)22(10-26-14)12-7-5-6-11(9-12)17(18,19)20/h5-7,9,14H,10H2,1-3H3,(H,21,24). The third-order valence-electron chi connectivity index (χ3n) is 3.37. The second-order valence-electron chi connectivity index (χ2n) is 5.97. The van der Waals surface area contributed by atoms with Gasteiger partial charge in [0.2, 0.25) is 5.44 Å². The average Bonchev–Trinajstić information content (AvgIpc) is 2.87. The van der Waals surface area contributed by atoms with E-state index in [1.165, 1.54) is 12.1 Å². The normalized spacial score (nSPS) is 17.5. The van der Waals surface area contributed by atoms with Gasteiger partial charge in [0, 0.05) is 5.69 Å². The van der Waals surface area contributed by atoms with Crippen molar-refractivity contribution in [3.63, 3.8) is 0 Å². The van der Waals surface area contributed by atoms with Gasteiger partial charge >= 0.3 is 12.3 Å². The summed E-state index contributed by atoms with van der Waals surface area (Å²) < 4.78 is 43.6. The summed E-state index contributed by atoms with van der Waals surface area (Å²) in [5.74, 6) is 4.93. The number of thioether (sulfide) groups is 1. The molecule has 1 fully saturated rings. The number of anilines is 1. The quantitative estimate of drug-likeness (QED) is 0.807. The zero-order valence-electron chi connectivity index (χ0n) is 14.3. The fourth-order valence-corrected chi connectivity index (χ4v) is 3.25. The van der Waals surface area contributed by atoms with Gasteiger partial charge in [-0.3, -0.25) is 9.69 Å². The minimum Gasteiger partial charge on any atom is -0.425 e. The molecule has 0 saturated carbocycles. The van der Waals surface area contributed by atoms with Crippen molar-refractivity contribution >= 4 is 29.4 Å². The highest BCUT2D eigenvalue weighted by molar-refractivity contribution is 8.01. The van der Waals surface area contributed by atoms with Crippen LogP contribution in [-0.4, -0.2) is 28.9 Å². The van der Waals surface area contributed by atoms with E-state index in [-0.39, 0.29) is 11.6 Å². The first-order valence-corrected chi connectivity index (χ1v) is 8.61. The van der Waals surface area contributed by atoms with Gasteiger partial charge in [0.05, 0.1) is 17.0 Å². The molecular weight excluding hydrogens is 369 g/mol. The van der Waals surface area contributed by atoms with Gasteiger partial charge in [-0.1, -0.05) is 23.7 Å². The van der Waals surface area contributed by atoms with Crippen molar-refractivity contribution in [1.29, 1.82) is 0 Å². The van der Waals surface area contributed by atoms with Gasteiger partial charge in [-0.05, 0) is 39.0 Å². The highest BCUT2D eigenvalue weighted by atomic mass is 32.2. The van der Waals surface area contributed by atoms with Crippen LogP contribution < -0.4 is 10.2 Å². The summed E-state index contributed by atoms with van der Waals surface area (Å²) in [6.07, 6.45) is -5.33. The molecule has 0 spiro atoms. The van der Waals surface area contributed by atoms with Crippen LogP contribution in [0.2, 0.25) is 0 Å². The van der Waals surface area contributed by atoms with E-state index >= 15 is 0 Å². The molecule has 1 aromatic carbocycles. The number of benzene rings is 1. The number of carbonyl (C=O) groups excluding carboxylic acids is 2. The number of ether oxygens (including phenoxy) is 1. The van der Waals surface area contributed by atoms with Crippen molar-refractivity contribution in [1.82, 2.24) is 5.32 Å². The van der Waals surface area contributed by atoms with Crippen LogP contribution in [-0.2, 0) is 15.7 Å². The van der Waals surface area contributed by atoms with Crippen LogP contribution in [0.25, 0.3) is 0 Å². The third-order valence-corrected chi connectivity index (χ3v) is 4.38. The Morgan fingerprint density at radius 3 is 2.69 bits per heavy atom. The summed E-state index contributed by atoms with van der Waals surface area (Å²) >= 11 is 1.01. The summed E-state index contributed by atoms with van der Waals surface area (Å²) in [4.78, 5) is 25.5. The maximum Gasteiger partial charge on any atom is 0.416 e. The predicted molar refractivity (Wildman–Crippen MR) is 92.3 cm³/mol. The number of alkyl carbamates (subject to hydrolysis) is 1. The summed E-state index contributed by atoms with van der Waals surface area (Å²) in [5, 5.41) is 2.52. The van der Waals surface area contributed by atoms with E-state index in [2.05, 4.69) is 17.2 Å². The summed E-state index contributed by atoms with van der Waals surface area (Å²) in [6.45, 7) is 4.96. The molecule has 2 rings (SSSR count). The van der Waals surface area contributed by atoms with Gasteiger partial charge in [0.25, 0.3) is 5.91 Å². The van der Waals surface area contributed by atoms with Crippen molar-refractivity contribution in [3.05, 3.63) is 29.8 Å². The molecule has 1 aliphatic heterocycles. The lowest BCUT2D eigenvalue weighted by Crippen LogP contribution is -2.44. The molecule has 1 aromatic rings. The average molecular weight is 386 g/mol. The van der Waals surface area contributed by atoms with Gasteiger partial charge < -0.3 is 10.1 Å². The Labute approximate surface area is 153 Å². The van der Waals surface area contributed by atoms with E-state index in [9.17, 15) is 22.8 Å². The van der Waals surface area contributed by atoms with Gasteiger partial charge in [-0.2, -0.15) is 13.2 Å². The molecule has 0 aromatic heterocycles. The molecule has 9 heteroatoms. The number of hydrogen-bond donors (Lipinski definition) is 1. The van der Waals surface area contributed by atoms with E-state index in [0.29, 0.717) is 0 Å². The molecule has 0 radical (unpaired) electrons. The first-order valence-electron chi connectivity index (χ1n) is 7.56. The monoisotopic (exact) mass is 386 g/mol. The molecule has 1 saturated heterocycles. The summed E-state index contributed by atoms with van der Waals surface area (Å²) in [5.41, 5.74) is -2.72. The van der Waals surface area contributed by atoms with Crippen molar-refractivity contribution in [2.24, 2.45) is 0 Å². The second kappa shape index (κ2) is 7.50. The van der Waals surface area contributed by atoms with Crippen molar-refractivity contribution in [3.8, 4) is 11.8 Å². The van der Waals surface area contributed by atoms with Gasteiger partial charge in [-0.15, -0.1) is 5.92 Å². The van der Waals surface area contributed by atoms with E-state index in [1.54, 1.807) is 20.8 Å². The number of alkyl halides is 3. The van der Waals surface area contributed by atoms with Gasteiger partial charge in [0.15, 0.2) is 0 Å². The lowest BCUT2D eigenvalue weighted by atomic mass is 10.1. The number of rotatable bonds is 3. The highest BCUT2D eigenvalue weighted by Gasteiger charge is 2.38. The fourth-order valence-electron chi connectivity index (χ4n) is 2.27. The van der Waals surface area contributed by atoms with Crippen LogP contribution in [0.1, 0.15) is 26.3 Å². The van der Waals surface area contributed by atoms with Crippen LogP contribution in [0.5, 0.6) is 0 Å². The Balaban J connectivity index is 2.06. The van der Waals surface area contributed by atoms with Crippen LogP contribution in [0.15, 0.2) is 24.3 Å². The Bertz CT molecular complexity index is 768. The number of halogens is 3. The van der Waals surface area contributed by atoms with Crippen LogP contribution >= 0.6 is 11.8 Å². The topological polar surface area (TPSA) is 58.6 Å². The fraction of sp³-hybridized carbons (Fsp3) is 0.412. The van der Waals surface area contributed by atoms with Crippen molar-refractivity contribution in [2.45, 2.75) is 37.9 Å². The molecule has 5 nitrogen and oxygen atoms in total. The van der Waals surface area contributed by atoms with Crippen LogP contribution in [0.3, 0.4) is 0 Å². The summed E-state index contributed by atoms with van der Waals surface area (Å²) in [7, 11) is 0. The third kappa shape index (κ3) is 4.85. The molecule has 1 atom stereocenters. The Kier molecular flexibility index (Phi) is 5.76. The Hall–Kier alpha value is -2.34. The first-order chi connectivity index (χ1) is 12.0. The number of amides is 2. The summed E-state index contributed by atoms with van der Waals surface area (Å²) in [6, 6.07) is 4.44. The van der Waals surface area contributed by atoms with Crippen molar-refractivity contribution in [2.75, 3.05) is 10.8 Å². The minimum absolute atomic E-state index is 0.0796. The minimum atomic E-state index is -4.51. The maximum atomic E-state index is 12.8. The molecule has 140 valence electrons. The Morgan fingerprint density at radius 1 is 1.38 bits per heavy atom. The zero-order chi connectivity index (χ0) is 19.5. The molecule has 1 aliphatic rings. The molecule has 2 amide bonds. The molecule has 0 aliphatic carbocycles. The predicted octanol–water partition coefficient (Wildman–Crippen LogP) is 3.60. The highest BCUT2D eigenvalue weighted by Crippen LogP contribution is 2.35.